The van der Waals surface area contributed by atoms with Crippen molar-refractivity contribution in [3.8, 4) is 0 Å². The maximum Gasteiger partial charge on any atom is 0.166 e. The molecule has 1 heterocycles. The number of hydrogen-bond donors (Lipinski definition) is 0. The van der Waals surface area contributed by atoms with Crippen molar-refractivity contribution in [2.24, 2.45) is 0 Å². The van der Waals surface area contributed by atoms with E-state index in [0.29, 0.717) is 0 Å². The van der Waals surface area contributed by atoms with E-state index in [-0.39, 0.29) is 6.29 Å². The Kier molecular flexibility index (Phi) is 7.44. The third kappa shape index (κ3) is 5.76. The lowest BCUT2D eigenvalue weighted by Gasteiger charge is -2.24. The molecular weight excluding hydrogens is 212 g/mol. The van der Waals surface area contributed by atoms with Crippen LogP contribution in [-0.2, 0) is 14.2 Å². The van der Waals surface area contributed by atoms with E-state index in [0.717, 1.165) is 50.3 Å². The molecule has 0 amide bonds. The predicted octanol–water partition coefficient (Wildman–Crippen LogP) is 2.30. The van der Waals surface area contributed by atoms with Crippen LogP contribution in [0.1, 0.15) is 26.7 Å². The zero-order chi connectivity index (χ0) is 10.9. The summed E-state index contributed by atoms with van der Waals surface area (Å²) in [5, 5.41) is 0.724. The summed E-state index contributed by atoms with van der Waals surface area (Å²) in [5.41, 5.74) is 0. The molecule has 1 aliphatic rings. The van der Waals surface area contributed by atoms with E-state index < -0.39 is 0 Å². The largest absolute Gasteiger partial charge is 0.381 e. The van der Waals surface area contributed by atoms with E-state index in [1.807, 2.05) is 25.6 Å². The van der Waals surface area contributed by atoms with Gasteiger partial charge in [-0.3, -0.25) is 0 Å². The quantitative estimate of drug-likeness (QED) is 0.632. The minimum Gasteiger partial charge on any atom is -0.381 e. The molecule has 90 valence electrons. The minimum atomic E-state index is -0.0344. The van der Waals surface area contributed by atoms with E-state index in [1.54, 1.807) is 0 Å². The Morgan fingerprint density at radius 1 is 1.20 bits per heavy atom. The third-order valence-corrected chi connectivity index (χ3v) is 3.75. The molecule has 1 saturated heterocycles. The third-order valence-electron chi connectivity index (χ3n) is 2.34. The zero-order valence-electron chi connectivity index (χ0n) is 9.74. The Labute approximate surface area is 96.8 Å². The maximum absolute atomic E-state index is 5.50. The van der Waals surface area contributed by atoms with Crippen molar-refractivity contribution in [3.05, 3.63) is 0 Å². The molecule has 4 heteroatoms. The monoisotopic (exact) mass is 234 g/mol. The topological polar surface area (TPSA) is 27.7 Å². The number of hydrogen-bond acceptors (Lipinski definition) is 4. The molecule has 0 atom stereocenters. The van der Waals surface area contributed by atoms with Gasteiger partial charge < -0.3 is 14.2 Å². The number of rotatable bonds is 7. The highest BCUT2D eigenvalue weighted by Gasteiger charge is 2.17. The molecule has 15 heavy (non-hydrogen) atoms. The highest BCUT2D eigenvalue weighted by molar-refractivity contribution is 7.99. The minimum absolute atomic E-state index is 0.0344. The molecule has 0 aromatic carbocycles. The van der Waals surface area contributed by atoms with E-state index in [1.165, 1.54) is 0 Å². The van der Waals surface area contributed by atoms with Crippen LogP contribution in [0.15, 0.2) is 0 Å². The molecule has 0 aromatic rings. The molecule has 0 radical (unpaired) electrons. The first-order chi connectivity index (χ1) is 7.36. The lowest BCUT2D eigenvalue weighted by molar-refractivity contribution is -0.120. The van der Waals surface area contributed by atoms with Crippen LogP contribution in [0.25, 0.3) is 0 Å². The summed E-state index contributed by atoms with van der Waals surface area (Å²) in [7, 11) is 0. The lowest BCUT2D eigenvalue weighted by atomic mass is 10.2. The fourth-order valence-electron chi connectivity index (χ4n) is 1.57. The van der Waals surface area contributed by atoms with Gasteiger partial charge in [0.1, 0.15) is 0 Å². The first-order valence-corrected chi connectivity index (χ1v) is 6.84. The van der Waals surface area contributed by atoms with Crippen molar-refractivity contribution in [1.29, 1.82) is 0 Å². The van der Waals surface area contributed by atoms with Crippen LogP contribution in [0.4, 0.5) is 0 Å². The molecule has 0 spiro atoms. The fourth-order valence-corrected chi connectivity index (χ4v) is 2.72. The van der Waals surface area contributed by atoms with Crippen LogP contribution in [0.3, 0.4) is 0 Å². The second kappa shape index (κ2) is 8.39. The van der Waals surface area contributed by atoms with Crippen molar-refractivity contribution >= 4 is 11.8 Å². The molecule has 0 unspecified atom stereocenters. The Bertz CT molecular complexity index is 143. The second-order valence-electron chi connectivity index (χ2n) is 3.49. The van der Waals surface area contributed by atoms with Gasteiger partial charge in [0.15, 0.2) is 6.29 Å². The smallest absolute Gasteiger partial charge is 0.166 e. The first kappa shape index (κ1) is 13.3. The molecular formula is C11H22O3S. The number of thioether (sulfide) groups is 1. The maximum atomic E-state index is 5.50. The summed E-state index contributed by atoms with van der Waals surface area (Å²) in [4.78, 5) is 0. The van der Waals surface area contributed by atoms with Crippen LogP contribution >= 0.6 is 11.8 Å². The molecule has 0 N–H and O–H groups in total. The molecule has 1 fully saturated rings. The normalized spacial score (nSPS) is 18.6. The second-order valence-corrected chi connectivity index (χ2v) is 4.82. The molecule has 0 aromatic heterocycles. The zero-order valence-corrected chi connectivity index (χ0v) is 10.6. The Balaban J connectivity index is 2.13. The van der Waals surface area contributed by atoms with Gasteiger partial charge in [-0.1, -0.05) is 0 Å². The first-order valence-electron chi connectivity index (χ1n) is 5.79. The SMILES string of the molecule is CCOC(CSC1CCOCC1)OCC. The standard InChI is InChI=1S/C11H22O3S/c1-3-13-11(14-4-2)9-15-10-5-7-12-8-6-10/h10-11H,3-9H2,1-2H3. The van der Waals surface area contributed by atoms with Gasteiger partial charge in [0, 0.05) is 37.4 Å². The number of ether oxygens (including phenoxy) is 3. The Morgan fingerprint density at radius 3 is 2.33 bits per heavy atom. The van der Waals surface area contributed by atoms with Crippen LogP contribution < -0.4 is 0 Å². The summed E-state index contributed by atoms with van der Waals surface area (Å²) in [6, 6.07) is 0. The van der Waals surface area contributed by atoms with Crippen molar-refractivity contribution in [1.82, 2.24) is 0 Å². The van der Waals surface area contributed by atoms with Gasteiger partial charge in [-0.05, 0) is 26.7 Å². The van der Waals surface area contributed by atoms with Crippen molar-refractivity contribution in [3.63, 3.8) is 0 Å². The van der Waals surface area contributed by atoms with Gasteiger partial charge in [-0.25, -0.2) is 0 Å². The highest BCUT2D eigenvalue weighted by Crippen LogP contribution is 2.23. The van der Waals surface area contributed by atoms with Crippen LogP contribution in [0, 0.1) is 0 Å². The molecule has 0 aliphatic carbocycles. The van der Waals surface area contributed by atoms with Crippen molar-refractivity contribution in [2.75, 3.05) is 32.2 Å². The highest BCUT2D eigenvalue weighted by atomic mass is 32.2. The molecule has 1 rings (SSSR count). The predicted molar refractivity (Wildman–Crippen MR) is 63.3 cm³/mol. The van der Waals surface area contributed by atoms with Gasteiger partial charge >= 0.3 is 0 Å². The Hall–Kier alpha value is 0.230. The molecule has 0 bridgehead atoms. The van der Waals surface area contributed by atoms with E-state index in [9.17, 15) is 0 Å². The van der Waals surface area contributed by atoms with Crippen LogP contribution in [0.2, 0.25) is 0 Å². The van der Waals surface area contributed by atoms with Gasteiger partial charge in [0.25, 0.3) is 0 Å². The summed E-state index contributed by atoms with van der Waals surface area (Å²) in [5.74, 6) is 0.937. The lowest BCUT2D eigenvalue weighted by Crippen LogP contribution is -2.24. The van der Waals surface area contributed by atoms with E-state index >= 15 is 0 Å². The Morgan fingerprint density at radius 2 is 1.80 bits per heavy atom. The van der Waals surface area contributed by atoms with Gasteiger partial charge in [-0.2, -0.15) is 11.8 Å². The van der Waals surface area contributed by atoms with Crippen LogP contribution in [-0.4, -0.2) is 43.7 Å². The van der Waals surface area contributed by atoms with Crippen molar-refractivity contribution < 1.29 is 14.2 Å². The fraction of sp³-hybridized carbons (Fsp3) is 1.00. The summed E-state index contributed by atoms with van der Waals surface area (Å²) < 4.78 is 16.3. The average Bonchev–Trinajstić information content (AvgIpc) is 2.28. The summed E-state index contributed by atoms with van der Waals surface area (Å²) in [6.07, 6.45) is 2.29. The summed E-state index contributed by atoms with van der Waals surface area (Å²) >= 11 is 1.96. The summed E-state index contributed by atoms with van der Waals surface area (Å²) in [6.45, 7) is 7.27. The van der Waals surface area contributed by atoms with Crippen molar-refractivity contribution in [2.45, 2.75) is 38.2 Å². The molecule has 1 aliphatic heterocycles. The molecule has 0 saturated carbocycles. The van der Waals surface area contributed by atoms with Gasteiger partial charge in [-0.15, -0.1) is 0 Å². The van der Waals surface area contributed by atoms with Gasteiger partial charge in [0.05, 0.1) is 0 Å². The average molecular weight is 234 g/mol. The van der Waals surface area contributed by atoms with Crippen LogP contribution in [0.5, 0.6) is 0 Å². The van der Waals surface area contributed by atoms with Gasteiger partial charge in [0.2, 0.25) is 0 Å². The van der Waals surface area contributed by atoms with E-state index in [4.69, 9.17) is 14.2 Å². The van der Waals surface area contributed by atoms with E-state index in [2.05, 4.69) is 0 Å². The molecule has 3 nitrogen and oxygen atoms in total.